The first-order valence-electron chi connectivity index (χ1n) is 6.25. The molecule has 0 bridgehead atoms. The van der Waals surface area contributed by atoms with Gasteiger partial charge in [0.1, 0.15) is 5.75 Å². The second-order valence-electron chi connectivity index (χ2n) is 4.83. The first kappa shape index (κ1) is 15.8. The third-order valence-corrected chi connectivity index (χ3v) is 3.03. The predicted octanol–water partition coefficient (Wildman–Crippen LogP) is 2.38. The molecule has 1 rings (SSSR count). The van der Waals surface area contributed by atoms with Gasteiger partial charge in [0, 0.05) is 5.02 Å². The SMILES string of the molecule is CC[C@H](CO)NC(=O)C(C)(C)Oc1ccc(Cl)cc1. The van der Waals surface area contributed by atoms with Crippen LogP contribution in [0.1, 0.15) is 27.2 Å². The number of benzene rings is 1. The smallest absolute Gasteiger partial charge is 0.263 e. The lowest BCUT2D eigenvalue weighted by molar-refractivity contribution is -0.135. The summed E-state index contributed by atoms with van der Waals surface area (Å²) in [4.78, 5) is 12.1. The number of aliphatic hydroxyl groups is 1. The molecule has 0 aromatic heterocycles. The van der Waals surface area contributed by atoms with E-state index in [0.29, 0.717) is 17.2 Å². The van der Waals surface area contributed by atoms with E-state index in [9.17, 15) is 4.79 Å². The molecule has 0 saturated carbocycles. The average Bonchev–Trinajstić information content (AvgIpc) is 2.38. The van der Waals surface area contributed by atoms with Crippen molar-refractivity contribution in [2.75, 3.05) is 6.61 Å². The first-order valence-corrected chi connectivity index (χ1v) is 6.63. The number of carbonyl (C=O) groups excluding carboxylic acids is 1. The summed E-state index contributed by atoms with van der Waals surface area (Å²) in [5, 5.41) is 12.5. The fourth-order valence-electron chi connectivity index (χ4n) is 1.48. The van der Waals surface area contributed by atoms with Crippen LogP contribution in [0.25, 0.3) is 0 Å². The maximum Gasteiger partial charge on any atom is 0.263 e. The number of amides is 1. The van der Waals surface area contributed by atoms with Gasteiger partial charge in [-0.25, -0.2) is 0 Å². The highest BCUT2D eigenvalue weighted by Gasteiger charge is 2.31. The zero-order valence-electron chi connectivity index (χ0n) is 11.4. The molecule has 5 heteroatoms. The normalized spacial score (nSPS) is 12.9. The number of rotatable bonds is 6. The molecule has 0 unspecified atom stereocenters. The Kier molecular flexibility index (Phi) is 5.63. The summed E-state index contributed by atoms with van der Waals surface area (Å²) < 4.78 is 5.66. The number of hydrogen-bond acceptors (Lipinski definition) is 3. The quantitative estimate of drug-likeness (QED) is 0.844. The van der Waals surface area contributed by atoms with Crippen LogP contribution in [0.5, 0.6) is 5.75 Å². The number of carbonyl (C=O) groups is 1. The van der Waals surface area contributed by atoms with E-state index in [1.165, 1.54) is 0 Å². The molecule has 1 atom stereocenters. The lowest BCUT2D eigenvalue weighted by atomic mass is 10.1. The third-order valence-electron chi connectivity index (χ3n) is 2.78. The van der Waals surface area contributed by atoms with Crippen LogP contribution in [0.2, 0.25) is 5.02 Å². The third kappa shape index (κ3) is 4.73. The van der Waals surface area contributed by atoms with Gasteiger partial charge in [0.05, 0.1) is 12.6 Å². The lowest BCUT2D eigenvalue weighted by Crippen LogP contribution is -2.50. The topological polar surface area (TPSA) is 58.6 Å². The number of halogens is 1. The van der Waals surface area contributed by atoms with Crippen molar-refractivity contribution >= 4 is 17.5 Å². The molecule has 19 heavy (non-hydrogen) atoms. The molecular formula is C14H20ClNO3. The van der Waals surface area contributed by atoms with E-state index >= 15 is 0 Å². The zero-order chi connectivity index (χ0) is 14.5. The second-order valence-corrected chi connectivity index (χ2v) is 5.26. The standard InChI is InChI=1S/C14H20ClNO3/c1-4-11(9-17)16-13(18)14(2,3)19-12-7-5-10(15)6-8-12/h5-8,11,17H,4,9H2,1-3H3,(H,16,18)/t11-/m1/s1. The van der Waals surface area contributed by atoms with Crippen molar-refractivity contribution in [1.82, 2.24) is 5.32 Å². The Morgan fingerprint density at radius 3 is 2.47 bits per heavy atom. The van der Waals surface area contributed by atoms with Crippen molar-refractivity contribution in [1.29, 1.82) is 0 Å². The van der Waals surface area contributed by atoms with E-state index in [1.807, 2.05) is 6.92 Å². The molecular weight excluding hydrogens is 266 g/mol. The van der Waals surface area contributed by atoms with Crippen LogP contribution in [0.4, 0.5) is 0 Å². The molecule has 0 heterocycles. The maximum absolute atomic E-state index is 12.1. The zero-order valence-corrected chi connectivity index (χ0v) is 12.2. The Morgan fingerprint density at radius 2 is 2.00 bits per heavy atom. The van der Waals surface area contributed by atoms with Crippen molar-refractivity contribution in [3.63, 3.8) is 0 Å². The molecule has 106 valence electrons. The van der Waals surface area contributed by atoms with Gasteiger partial charge in [0.15, 0.2) is 5.60 Å². The Labute approximate surface area is 118 Å². The van der Waals surface area contributed by atoms with E-state index < -0.39 is 5.60 Å². The van der Waals surface area contributed by atoms with Crippen molar-refractivity contribution in [2.45, 2.75) is 38.8 Å². The summed E-state index contributed by atoms with van der Waals surface area (Å²) in [7, 11) is 0. The molecule has 0 aliphatic heterocycles. The van der Waals surface area contributed by atoms with Crippen molar-refractivity contribution in [2.24, 2.45) is 0 Å². The van der Waals surface area contributed by atoms with Gasteiger partial charge in [0.25, 0.3) is 5.91 Å². The van der Waals surface area contributed by atoms with E-state index in [1.54, 1.807) is 38.1 Å². The van der Waals surface area contributed by atoms with E-state index in [0.717, 1.165) is 0 Å². The lowest BCUT2D eigenvalue weighted by Gasteiger charge is -2.27. The molecule has 0 fully saturated rings. The summed E-state index contributed by atoms with van der Waals surface area (Å²) in [6, 6.07) is 6.57. The average molecular weight is 286 g/mol. The van der Waals surface area contributed by atoms with E-state index in [4.69, 9.17) is 21.4 Å². The van der Waals surface area contributed by atoms with Crippen molar-refractivity contribution in [3.05, 3.63) is 29.3 Å². The minimum absolute atomic E-state index is 0.0841. The van der Waals surface area contributed by atoms with Gasteiger partial charge >= 0.3 is 0 Å². The molecule has 0 radical (unpaired) electrons. The van der Waals surface area contributed by atoms with Gasteiger partial charge in [-0.3, -0.25) is 4.79 Å². The summed E-state index contributed by atoms with van der Waals surface area (Å²) in [6.07, 6.45) is 0.666. The van der Waals surface area contributed by atoms with Crippen molar-refractivity contribution < 1.29 is 14.6 Å². The van der Waals surface area contributed by atoms with Gasteiger partial charge in [-0.15, -0.1) is 0 Å². The summed E-state index contributed by atoms with van der Waals surface area (Å²) in [6.45, 7) is 5.18. The largest absolute Gasteiger partial charge is 0.478 e. The second kappa shape index (κ2) is 6.78. The molecule has 1 aromatic rings. The Bertz CT molecular complexity index is 413. The fraction of sp³-hybridized carbons (Fsp3) is 0.500. The van der Waals surface area contributed by atoms with Crippen LogP contribution in [-0.2, 0) is 4.79 Å². The minimum Gasteiger partial charge on any atom is -0.478 e. The predicted molar refractivity (Wildman–Crippen MR) is 75.5 cm³/mol. The van der Waals surface area contributed by atoms with Gasteiger partial charge in [-0.1, -0.05) is 18.5 Å². The van der Waals surface area contributed by atoms with Gasteiger partial charge in [-0.2, -0.15) is 0 Å². The van der Waals surface area contributed by atoms with Gasteiger partial charge in [0.2, 0.25) is 0 Å². The number of nitrogens with one attached hydrogen (secondary N) is 1. The maximum atomic E-state index is 12.1. The highest BCUT2D eigenvalue weighted by molar-refractivity contribution is 6.30. The highest BCUT2D eigenvalue weighted by Crippen LogP contribution is 2.21. The minimum atomic E-state index is -1.02. The highest BCUT2D eigenvalue weighted by atomic mass is 35.5. The molecule has 4 nitrogen and oxygen atoms in total. The van der Waals surface area contributed by atoms with Gasteiger partial charge in [-0.05, 0) is 44.5 Å². The molecule has 0 saturated heterocycles. The summed E-state index contributed by atoms with van der Waals surface area (Å²) in [5.41, 5.74) is -1.02. The van der Waals surface area contributed by atoms with E-state index in [2.05, 4.69) is 5.32 Å². The van der Waals surface area contributed by atoms with E-state index in [-0.39, 0.29) is 18.6 Å². The Morgan fingerprint density at radius 1 is 1.42 bits per heavy atom. The Hall–Kier alpha value is -1.26. The summed E-state index contributed by atoms with van der Waals surface area (Å²) >= 11 is 5.79. The van der Waals surface area contributed by atoms with Crippen LogP contribution in [0.3, 0.4) is 0 Å². The molecule has 1 amide bonds. The van der Waals surface area contributed by atoms with Crippen LogP contribution in [-0.4, -0.2) is 29.3 Å². The van der Waals surface area contributed by atoms with Crippen LogP contribution < -0.4 is 10.1 Å². The van der Waals surface area contributed by atoms with Crippen LogP contribution in [0, 0.1) is 0 Å². The van der Waals surface area contributed by atoms with Crippen LogP contribution >= 0.6 is 11.6 Å². The number of hydrogen-bond donors (Lipinski definition) is 2. The molecule has 1 aromatic carbocycles. The molecule has 0 spiro atoms. The van der Waals surface area contributed by atoms with Crippen molar-refractivity contribution in [3.8, 4) is 5.75 Å². The first-order chi connectivity index (χ1) is 8.89. The number of aliphatic hydroxyl groups excluding tert-OH is 1. The monoisotopic (exact) mass is 285 g/mol. The van der Waals surface area contributed by atoms with Gasteiger partial charge < -0.3 is 15.2 Å². The fourth-order valence-corrected chi connectivity index (χ4v) is 1.61. The Balaban J connectivity index is 2.69. The number of ether oxygens (including phenoxy) is 1. The molecule has 2 N–H and O–H groups in total. The summed E-state index contributed by atoms with van der Waals surface area (Å²) in [5.74, 6) is 0.310. The molecule has 0 aliphatic rings. The molecule has 0 aliphatic carbocycles. The van der Waals surface area contributed by atoms with Crippen LogP contribution in [0.15, 0.2) is 24.3 Å².